The first-order valence-electron chi connectivity index (χ1n) is 7.52. The number of nitrogens with zero attached hydrogens (tertiary/aromatic N) is 1. The minimum atomic E-state index is -0.0215. The van der Waals surface area contributed by atoms with Gasteiger partial charge in [0.2, 0.25) is 0 Å². The fourth-order valence-electron chi connectivity index (χ4n) is 3.18. The molecule has 19 heavy (non-hydrogen) atoms. The molecule has 0 spiro atoms. The molecule has 3 nitrogen and oxygen atoms in total. The number of piperidine rings is 1. The van der Waals surface area contributed by atoms with Crippen LogP contribution in [0, 0.1) is 5.92 Å². The average molecular weight is 260 g/mol. The van der Waals surface area contributed by atoms with Crippen molar-refractivity contribution in [1.82, 2.24) is 5.32 Å². The molecule has 1 heterocycles. The van der Waals surface area contributed by atoms with Gasteiger partial charge in [-0.3, -0.25) is 0 Å². The van der Waals surface area contributed by atoms with Crippen molar-refractivity contribution in [1.29, 1.82) is 0 Å². The van der Waals surface area contributed by atoms with Crippen LogP contribution in [0.1, 0.15) is 25.7 Å². The molecular formula is C16H24N2O. The molecule has 1 aliphatic carbocycles. The number of rotatable bonds is 4. The summed E-state index contributed by atoms with van der Waals surface area (Å²) in [6.07, 6.45) is 4.42. The van der Waals surface area contributed by atoms with Crippen molar-refractivity contribution in [3.8, 4) is 0 Å². The molecule has 0 amide bonds. The maximum absolute atomic E-state index is 9.28. The monoisotopic (exact) mass is 260 g/mol. The van der Waals surface area contributed by atoms with Gasteiger partial charge in [-0.05, 0) is 50.3 Å². The van der Waals surface area contributed by atoms with Crippen molar-refractivity contribution < 1.29 is 5.11 Å². The lowest BCUT2D eigenvalue weighted by Gasteiger charge is -2.37. The Morgan fingerprint density at radius 2 is 1.79 bits per heavy atom. The molecule has 0 atom stereocenters. The molecule has 1 saturated carbocycles. The van der Waals surface area contributed by atoms with Crippen molar-refractivity contribution in [2.75, 3.05) is 24.5 Å². The zero-order chi connectivity index (χ0) is 13.1. The Labute approximate surface area is 115 Å². The molecule has 3 heteroatoms. The predicted molar refractivity (Wildman–Crippen MR) is 78.4 cm³/mol. The van der Waals surface area contributed by atoms with Crippen LogP contribution in [-0.2, 0) is 0 Å². The van der Waals surface area contributed by atoms with Crippen LogP contribution in [0.25, 0.3) is 0 Å². The molecule has 104 valence electrons. The summed E-state index contributed by atoms with van der Waals surface area (Å²) in [7, 11) is 0. The summed E-state index contributed by atoms with van der Waals surface area (Å²) in [6.45, 7) is 3.39. The van der Waals surface area contributed by atoms with Crippen LogP contribution in [0.15, 0.2) is 30.3 Å². The quantitative estimate of drug-likeness (QED) is 0.869. The lowest BCUT2D eigenvalue weighted by molar-refractivity contribution is 0.0415. The van der Waals surface area contributed by atoms with Crippen LogP contribution in [-0.4, -0.2) is 36.9 Å². The highest BCUT2D eigenvalue weighted by Gasteiger charge is 2.28. The summed E-state index contributed by atoms with van der Waals surface area (Å²) in [6, 6.07) is 11.4. The molecule has 0 aromatic heterocycles. The number of nitrogens with one attached hydrogen (secondary N) is 1. The number of hydrogen-bond donors (Lipinski definition) is 2. The van der Waals surface area contributed by atoms with Gasteiger partial charge in [-0.1, -0.05) is 18.2 Å². The fourth-order valence-corrected chi connectivity index (χ4v) is 3.18. The summed E-state index contributed by atoms with van der Waals surface area (Å²) in [5, 5.41) is 13.0. The summed E-state index contributed by atoms with van der Waals surface area (Å²) >= 11 is 0. The van der Waals surface area contributed by atoms with E-state index in [1.54, 1.807) is 0 Å². The first-order chi connectivity index (χ1) is 9.31. The largest absolute Gasteiger partial charge is 0.393 e. The Balaban J connectivity index is 1.40. The zero-order valence-electron chi connectivity index (χ0n) is 11.5. The number of aliphatic hydroxyl groups excluding tert-OH is 1. The smallest absolute Gasteiger partial charge is 0.0546 e. The van der Waals surface area contributed by atoms with E-state index in [-0.39, 0.29) is 6.10 Å². The van der Waals surface area contributed by atoms with Crippen LogP contribution < -0.4 is 10.2 Å². The number of para-hydroxylation sites is 1. The van der Waals surface area contributed by atoms with Crippen LogP contribution in [0.5, 0.6) is 0 Å². The summed E-state index contributed by atoms with van der Waals surface area (Å²) in [5.41, 5.74) is 1.35. The van der Waals surface area contributed by atoms with Crippen molar-refractivity contribution >= 4 is 5.69 Å². The third-order valence-electron chi connectivity index (χ3n) is 4.52. The van der Waals surface area contributed by atoms with E-state index in [1.165, 1.54) is 18.5 Å². The van der Waals surface area contributed by atoms with Gasteiger partial charge in [0.1, 0.15) is 0 Å². The van der Waals surface area contributed by atoms with E-state index in [0.717, 1.165) is 32.5 Å². The van der Waals surface area contributed by atoms with Crippen LogP contribution in [0.2, 0.25) is 0 Å². The van der Waals surface area contributed by atoms with Crippen molar-refractivity contribution in [3.63, 3.8) is 0 Å². The number of hydrogen-bond acceptors (Lipinski definition) is 3. The molecular weight excluding hydrogens is 236 g/mol. The molecule has 0 radical (unpaired) electrons. The molecule has 1 aromatic carbocycles. The second kappa shape index (κ2) is 5.93. The second-order valence-electron chi connectivity index (χ2n) is 6.00. The van der Waals surface area contributed by atoms with Gasteiger partial charge in [-0.25, -0.2) is 0 Å². The van der Waals surface area contributed by atoms with Crippen molar-refractivity contribution in [2.45, 2.75) is 37.8 Å². The van der Waals surface area contributed by atoms with Crippen molar-refractivity contribution in [3.05, 3.63) is 30.3 Å². The second-order valence-corrected chi connectivity index (χ2v) is 6.00. The average Bonchev–Trinajstić information content (AvgIpc) is 2.44. The summed E-state index contributed by atoms with van der Waals surface area (Å²) < 4.78 is 0. The number of aliphatic hydroxyl groups is 1. The summed E-state index contributed by atoms with van der Waals surface area (Å²) in [4.78, 5) is 2.48. The standard InChI is InChI=1S/C16H24N2O/c19-16-10-13(11-16)12-17-14-6-8-18(9-7-14)15-4-2-1-3-5-15/h1-5,13-14,16-17,19H,6-12H2. The Kier molecular flexibility index (Phi) is 4.04. The lowest BCUT2D eigenvalue weighted by Crippen LogP contribution is -2.46. The Morgan fingerprint density at radius 1 is 1.11 bits per heavy atom. The molecule has 1 aromatic rings. The molecule has 0 bridgehead atoms. The highest BCUT2D eigenvalue weighted by molar-refractivity contribution is 5.46. The molecule has 2 N–H and O–H groups in total. The normalized spacial score (nSPS) is 28.2. The molecule has 0 unspecified atom stereocenters. The van der Waals surface area contributed by atoms with Gasteiger partial charge < -0.3 is 15.3 Å². The SMILES string of the molecule is OC1CC(CNC2CCN(c3ccccc3)CC2)C1. The van der Waals surface area contributed by atoms with Crippen LogP contribution in [0.4, 0.5) is 5.69 Å². The highest BCUT2D eigenvalue weighted by atomic mass is 16.3. The minimum Gasteiger partial charge on any atom is -0.393 e. The topological polar surface area (TPSA) is 35.5 Å². The fraction of sp³-hybridized carbons (Fsp3) is 0.625. The van der Waals surface area contributed by atoms with E-state index in [0.29, 0.717) is 12.0 Å². The van der Waals surface area contributed by atoms with Gasteiger partial charge in [0.25, 0.3) is 0 Å². The maximum Gasteiger partial charge on any atom is 0.0546 e. The van der Waals surface area contributed by atoms with E-state index in [9.17, 15) is 5.11 Å². The number of anilines is 1. The van der Waals surface area contributed by atoms with E-state index < -0.39 is 0 Å². The maximum atomic E-state index is 9.28. The van der Waals surface area contributed by atoms with Crippen LogP contribution in [0.3, 0.4) is 0 Å². The third-order valence-corrected chi connectivity index (χ3v) is 4.52. The number of benzene rings is 1. The molecule has 3 rings (SSSR count). The van der Waals surface area contributed by atoms with Gasteiger partial charge in [-0.2, -0.15) is 0 Å². The molecule has 2 aliphatic rings. The highest BCUT2D eigenvalue weighted by Crippen LogP contribution is 2.27. The van der Waals surface area contributed by atoms with Crippen LogP contribution >= 0.6 is 0 Å². The van der Waals surface area contributed by atoms with E-state index in [1.807, 2.05) is 0 Å². The minimum absolute atomic E-state index is 0.0215. The van der Waals surface area contributed by atoms with Gasteiger partial charge in [0.15, 0.2) is 0 Å². The Hall–Kier alpha value is -1.06. The molecule has 1 aliphatic heterocycles. The third kappa shape index (κ3) is 3.28. The first kappa shape index (κ1) is 12.9. The van der Waals surface area contributed by atoms with E-state index >= 15 is 0 Å². The van der Waals surface area contributed by atoms with Gasteiger partial charge in [0.05, 0.1) is 6.10 Å². The van der Waals surface area contributed by atoms with E-state index in [4.69, 9.17) is 0 Å². The van der Waals surface area contributed by atoms with Crippen molar-refractivity contribution in [2.24, 2.45) is 5.92 Å². The Bertz CT molecular complexity index is 381. The first-order valence-corrected chi connectivity index (χ1v) is 7.52. The van der Waals surface area contributed by atoms with Gasteiger partial charge in [-0.15, -0.1) is 0 Å². The Morgan fingerprint density at radius 3 is 2.42 bits per heavy atom. The van der Waals surface area contributed by atoms with Gasteiger partial charge in [0, 0.05) is 24.8 Å². The molecule has 1 saturated heterocycles. The van der Waals surface area contributed by atoms with Gasteiger partial charge >= 0.3 is 0 Å². The lowest BCUT2D eigenvalue weighted by atomic mass is 9.82. The summed E-state index contributed by atoms with van der Waals surface area (Å²) in [5.74, 6) is 0.710. The predicted octanol–water partition coefficient (Wildman–Crippen LogP) is 2.02. The zero-order valence-corrected chi connectivity index (χ0v) is 11.5. The van der Waals surface area contributed by atoms with E-state index in [2.05, 4.69) is 40.5 Å². The molecule has 2 fully saturated rings.